The van der Waals surface area contributed by atoms with E-state index in [0.29, 0.717) is 24.3 Å². The fourth-order valence-electron chi connectivity index (χ4n) is 3.84. The fraction of sp³-hybridized carbons (Fsp3) is 0.143. The van der Waals surface area contributed by atoms with Crippen LogP contribution < -0.4 is 9.55 Å². The summed E-state index contributed by atoms with van der Waals surface area (Å²) in [5.74, 6) is 0. The number of hydrogen-bond acceptors (Lipinski definition) is 8. The fourth-order valence-corrected chi connectivity index (χ4v) is 6.11. The minimum Gasteiger partial charge on any atom is -0.258 e. The molecule has 0 aliphatic rings. The first-order valence-corrected chi connectivity index (χ1v) is 14.0. The standard InChI is InChI=1S/C21H13ClF6N4O8S2/c1-10-14(22)3-2-4-15(10)30(32(35)36)42(39,40)12-7-5-11(6-8-12)17-18(21(26,27)28)16(41(29,37)38)9-13(20(23,24)25)19(17)31(33)34/h2-9H,1H3,(H2,29,37,38). The largest absolute Gasteiger partial charge is 0.423 e. The molecule has 0 saturated heterocycles. The highest BCUT2D eigenvalue weighted by Gasteiger charge is 2.49. The minimum atomic E-state index is -5.84. The molecular formula is C21H13ClF6N4O8S2. The van der Waals surface area contributed by atoms with Gasteiger partial charge in [-0.1, -0.05) is 29.8 Å². The second-order valence-corrected chi connectivity index (χ2v) is 11.9. The average Bonchev–Trinajstić information content (AvgIpc) is 2.83. The van der Waals surface area contributed by atoms with Crippen LogP contribution in [-0.4, -0.2) is 26.8 Å². The molecule has 3 aromatic rings. The number of benzene rings is 3. The van der Waals surface area contributed by atoms with Crippen molar-refractivity contribution in [3.05, 3.63) is 90.5 Å². The molecule has 0 bridgehead atoms. The molecular weight excluding hydrogens is 650 g/mol. The van der Waals surface area contributed by atoms with Crippen molar-refractivity contribution in [3.8, 4) is 11.1 Å². The number of nitrogens with zero attached hydrogens (tertiary/aromatic N) is 3. The van der Waals surface area contributed by atoms with E-state index in [1.165, 1.54) is 19.1 Å². The zero-order valence-corrected chi connectivity index (χ0v) is 22.7. The van der Waals surface area contributed by atoms with Gasteiger partial charge in [0.1, 0.15) is 11.3 Å². The summed E-state index contributed by atoms with van der Waals surface area (Å²) in [5, 5.41) is 26.7. The highest BCUT2D eigenvalue weighted by atomic mass is 35.5. The molecule has 0 atom stereocenters. The van der Waals surface area contributed by atoms with E-state index in [2.05, 4.69) is 0 Å². The van der Waals surface area contributed by atoms with Gasteiger partial charge >= 0.3 is 22.4 Å². The van der Waals surface area contributed by atoms with E-state index in [4.69, 9.17) is 16.7 Å². The zero-order chi connectivity index (χ0) is 32.2. The Labute approximate surface area is 236 Å². The van der Waals surface area contributed by atoms with Gasteiger partial charge in [-0.05, 0) is 48.4 Å². The molecule has 226 valence electrons. The summed E-state index contributed by atoms with van der Waals surface area (Å²) in [6.07, 6.45) is -11.6. The number of nitrogens with two attached hydrogens (primary N) is 1. The van der Waals surface area contributed by atoms with Crippen molar-refractivity contribution in [2.45, 2.75) is 29.1 Å². The molecule has 0 amide bonds. The van der Waals surface area contributed by atoms with Crippen LogP contribution in [0.5, 0.6) is 0 Å². The van der Waals surface area contributed by atoms with Gasteiger partial charge in [-0.25, -0.2) is 23.7 Å². The molecule has 12 nitrogen and oxygen atoms in total. The lowest BCUT2D eigenvalue weighted by Gasteiger charge is -2.20. The summed E-state index contributed by atoms with van der Waals surface area (Å²) < 4.78 is 133. The van der Waals surface area contributed by atoms with Crippen molar-refractivity contribution in [2.24, 2.45) is 5.14 Å². The van der Waals surface area contributed by atoms with Gasteiger partial charge in [0.25, 0.3) is 5.69 Å². The number of hydrazine groups is 1. The number of hydrogen-bond donors (Lipinski definition) is 1. The summed E-state index contributed by atoms with van der Waals surface area (Å²) >= 11 is 5.91. The average molecular weight is 663 g/mol. The summed E-state index contributed by atoms with van der Waals surface area (Å²) in [7, 11) is -10.8. The van der Waals surface area contributed by atoms with Crippen LogP contribution in [0.25, 0.3) is 11.1 Å². The second-order valence-electron chi connectivity index (χ2n) is 8.21. The van der Waals surface area contributed by atoms with E-state index in [0.717, 1.165) is 6.07 Å². The molecule has 21 heteroatoms. The lowest BCUT2D eigenvalue weighted by atomic mass is 9.93. The third kappa shape index (κ3) is 5.96. The van der Waals surface area contributed by atoms with Gasteiger partial charge in [0, 0.05) is 9.44 Å². The van der Waals surface area contributed by atoms with Crippen molar-refractivity contribution in [1.82, 2.24) is 0 Å². The zero-order valence-electron chi connectivity index (χ0n) is 20.3. The monoisotopic (exact) mass is 662 g/mol. The molecule has 3 rings (SSSR count). The maximum absolute atomic E-state index is 14.1. The lowest BCUT2D eigenvalue weighted by Crippen LogP contribution is -2.36. The van der Waals surface area contributed by atoms with Crippen molar-refractivity contribution in [1.29, 1.82) is 0 Å². The first-order valence-electron chi connectivity index (χ1n) is 10.6. The molecule has 0 heterocycles. The van der Waals surface area contributed by atoms with Crippen LogP contribution in [0.15, 0.2) is 58.3 Å². The van der Waals surface area contributed by atoms with Gasteiger partial charge < -0.3 is 0 Å². The summed E-state index contributed by atoms with van der Waals surface area (Å²) in [4.78, 5) is 18.5. The third-order valence-electron chi connectivity index (χ3n) is 5.60. The Morgan fingerprint density at radius 3 is 1.88 bits per heavy atom. The summed E-state index contributed by atoms with van der Waals surface area (Å²) in [6.45, 7) is 1.24. The topological polar surface area (TPSA) is 184 Å². The number of nitro groups is 2. The first-order chi connectivity index (χ1) is 19.0. The highest BCUT2D eigenvalue weighted by molar-refractivity contribution is 7.92. The van der Waals surface area contributed by atoms with Crippen molar-refractivity contribution < 1.29 is 53.1 Å². The number of rotatable bonds is 7. The molecule has 0 spiro atoms. The molecule has 0 aliphatic carbocycles. The van der Waals surface area contributed by atoms with Crippen LogP contribution in [0.1, 0.15) is 16.7 Å². The van der Waals surface area contributed by atoms with Crippen molar-refractivity contribution in [3.63, 3.8) is 0 Å². The van der Waals surface area contributed by atoms with Gasteiger partial charge in [-0.2, -0.15) is 34.8 Å². The molecule has 0 radical (unpaired) electrons. The molecule has 0 aromatic heterocycles. The van der Waals surface area contributed by atoms with Crippen LogP contribution in [0, 0.1) is 27.2 Å². The summed E-state index contributed by atoms with van der Waals surface area (Å²) in [5.41, 5.74) is -10.6. The number of halogens is 7. The highest BCUT2D eigenvalue weighted by Crippen LogP contribution is 2.50. The molecule has 0 fully saturated rings. The lowest BCUT2D eigenvalue weighted by molar-refractivity contribution is -0.474. The van der Waals surface area contributed by atoms with Gasteiger partial charge in [0.2, 0.25) is 10.0 Å². The van der Waals surface area contributed by atoms with E-state index in [1.807, 2.05) is 0 Å². The number of primary sulfonamides is 1. The maximum atomic E-state index is 14.1. The SMILES string of the molecule is Cc1c(Cl)cccc1N([N+](=O)[O-])S(=O)(=O)c1ccc(-c2c([N+](=O)[O-])c(C(F)(F)F)cc(S(N)(=O)=O)c2C(F)(F)F)cc1. The van der Waals surface area contributed by atoms with Crippen LogP contribution in [-0.2, 0) is 32.4 Å². The van der Waals surface area contributed by atoms with Gasteiger partial charge in [-0.15, -0.1) is 0 Å². The van der Waals surface area contributed by atoms with E-state index < -0.39 is 91.8 Å². The van der Waals surface area contributed by atoms with Crippen LogP contribution in [0.2, 0.25) is 5.02 Å². The Balaban J connectivity index is 2.41. The van der Waals surface area contributed by atoms with Gasteiger partial charge in [0.05, 0.1) is 25.8 Å². The molecule has 0 unspecified atom stereocenters. The number of alkyl halides is 6. The Morgan fingerprint density at radius 1 is 0.905 bits per heavy atom. The van der Waals surface area contributed by atoms with Crippen LogP contribution in [0.3, 0.4) is 0 Å². The number of anilines is 1. The second kappa shape index (κ2) is 10.7. The maximum Gasteiger partial charge on any atom is 0.423 e. The number of nitro benzene ring substituents is 1. The Bertz CT molecular complexity index is 1830. The molecule has 3 aromatic carbocycles. The van der Waals surface area contributed by atoms with E-state index in [-0.39, 0.29) is 15.0 Å². The smallest absolute Gasteiger partial charge is 0.258 e. The minimum absolute atomic E-state index is 0.0685. The third-order valence-corrected chi connectivity index (χ3v) is 8.60. The molecule has 0 saturated carbocycles. The molecule has 0 aliphatic heterocycles. The van der Waals surface area contributed by atoms with Crippen molar-refractivity contribution >= 4 is 43.0 Å². The summed E-state index contributed by atoms with van der Waals surface area (Å²) in [6, 6.07) is 4.43. The predicted molar refractivity (Wildman–Crippen MR) is 133 cm³/mol. The van der Waals surface area contributed by atoms with Crippen molar-refractivity contribution in [2.75, 3.05) is 4.41 Å². The Morgan fingerprint density at radius 2 is 1.45 bits per heavy atom. The quantitative estimate of drug-likeness (QED) is 0.201. The van der Waals surface area contributed by atoms with Gasteiger partial charge in [-0.3, -0.25) is 10.1 Å². The molecule has 2 N–H and O–H groups in total. The van der Waals surface area contributed by atoms with E-state index >= 15 is 0 Å². The predicted octanol–water partition coefficient (Wildman–Crippen LogP) is 5.30. The van der Waals surface area contributed by atoms with Crippen LogP contribution >= 0.6 is 11.6 Å². The van der Waals surface area contributed by atoms with E-state index in [1.54, 1.807) is 0 Å². The Kier molecular flexibility index (Phi) is 8.26. The van der Waals surface area contributed by atoms with Gasteiger partial charge in [0.15, 0.2) is 5.03 Å². The molecule has 42 heavy (non-hydrogen) atoms. The normalized spacial score (nSPS) is 12.7. The first kappa shape index (κ1) is 32.5. The Hall–Kier alpha value is -4.01. The number of sulfonamides is 2. The van der Waals surface area contributed by atoms with E-state index in [9.17, 15) is 63.4 Å². The van der Waals surface area contributed by atoms with Crippen LogP contribution in [0.4, 0.5) is 37.7 Å².